The van der Waals surface area contributed by atoms with Crippen LogP contribution >= 0.6 is 11.8 Å². The molecule has 0 aliphatic carbocycles. The van der Waals surface area contributed by atoms with Crippen LogP contribution in [0.15, 0.2) is 59.8 Å². The van der Waals surface area contributed by atoms with E-state index >= 15 is 0 Å². The third kappa shape index (κ3) is 6.44. The van der Waals surface area contributed by atoms with Gasteiger partial charge in [0.05, 0.1) is 5.56 Å². The van der Waals surface area contributed by atoms with E-state index in [-0.39, 0.29) is 5.82 Å². The molecule has 0 fully saturated rings. The highest BCUT2D eigenvalue weighted by Gasteiger charge is 2.11. The number of methoxy groups -OCH3 is 1. The van der Waals surface area contributed by atoms with Crippen molar-refractivity contribution in [3.05, 3.63) is 66.2 Å². The van der Waals surface area contributed by atoms with Crippen molar-refractivity contribution in [3.8, 4) is 17.6 Å². The van der Waals surface area contributed by atoms with Crippen LogP contribution in [-0.2, 0) is 4.74 Å². The summed E-state index contributed by atoms with van der Waals surface area (Å²) in [5, 5.41) is 12.0. The van der Waals surface area contributed by atoms with Gasteiger partial charge < -0.3 is 14.8 Å². The zero-order chi connectivity index (χ0) is 21.2. The number of hydrogen-bond donors (Lipinski definition) is 1. The number of halogens is 1. The Morgan fingerprint density at radius 2 is 1.93 bits per heavy atom. The second-order valence-electron chi connectivity index (χ2n) is 6.29. The average molecular weight is 425 g/mol. The van der Waals surface area contributed by atoms with E-state index < -0.39 is 0 Å². The van der Waals surface area contributed by atoms with E-state index in [9.17, 15) is 4.39 Å². The van der Waals surface area contributed by atoms with Gasteiger partial charge in [-0.3, -0.25) is 0 Å². The van der Waals surface area contributed by atoms with Crippen molar-refractivity contribution in [1.29, 1.82) is 5.26 Å². The maximum absolute atomic E-state index is 13.2. The molecule has 1 N–H and O–H groups in total. The zero-order valence-corrected chi connectivity index (χ0v) is 17.3. The lowest BCUT2D eigenvalue weighted by atomic mass is 10.3. The molecule has 0 saturated carbocycles. The van der Waals surface area contributed by atoms with E-state index in [0.717, 1.165) is 30.1 Å². The summed E-state index contributed by atoms with van der Waals surface area (Å²) in [5.41, 5.74) is 0.469. The molecule has 0 radical (unpaired) electrons. The first-order chi connectivity index (χ1) is 14.7. The fraction of sp³-hybridized carbons (Fsp3) is 0.227. The SMILES string of the molecule is COCCCCSc1cnc(Nc2ccc(C#N)cn2)c(Oc2ccc(F)cc2)c1. The smallest absolute Gasteiger partial charge is 0.175 e. The minimum Gasteiger partial charge on any atom is -0.453 e. The Hall–Kier alpha value is -3.15. The third-order valence-corrected chi connectivity index (χ3v) is 5.07. The summed E-state index contributed by atoms with van der Waals surface area (Å²) < 4.78 is 24.3. The Balaban J connectivity index is 1.78. The van der Waals surface area contributed by atoms with Crippen molar-refractivity contribution >= 4 is 23.4 Å². The number of nitrogens with zero attached hydrogens (tertiary/aromatic N) is 3. The molecule has 2 aromatic heterocycles. The average Bonchev–Trinajstić information content (AvgIpc) is 2.77. The van der Waals surface area contributed by atoms with Gasteiger partial charge in [-0.1, -0.05) is 0 Å². The lowest BCUT2D eigenvalue weighted by Gasteiger charge is -2.13. The van der Waals surface area contributed by atoms with Gasteiger partial charge in [-0.2, -0.15) is 5.26 Å². The summed E-state index contributed by atoms with van der Waals surface area (Å²) in [4.78, 5) is 9.65. The first-order valence-corrected chi connectivity index (χ1v) is 10.3. The number of ether oxygens (including phenoxy) is 2. The number of anilines is 2. The summed E-state index contributed by atoms with van der Waals surface area (Å²) >= 11 is 1.68. The monoisotopic (exact) mass is 424 g/mol. The quantitative estimate of drug-likeness (QED) is 0.338. The molecule has 0 aliphatic rings. The van der Waals surface area contributed by atoms with Crippen molar-refractivity contribution < 1.29 is 13.9 Å². The van der Waals surface area contributed by atoms with Crippen LogP contribution in [0.5, 0.6) is 11.5 Å². The number of pyridine rings is 2. The van der Waals surface area contributed by atoms with Gasteiger partial charge in [0, 0.05) is 31.0 Å². The molecule has 0 spiro atoms. The second-order valence-corrected chi connectivity index (χ2v) is 7.46. The summed E-state index contributed by atoms with van der Waals surface area (Å²) in [7, 11) is 1.70. The fourth-order valence-electron chi connectivity index (χ4n) is 2.50. The first-order valence-electron chi connectivity index (χ1n) is 9.36. The molecule has 3 aromatic rings. The summed E-state index contributed by atoms with van der Waals surface area (Å²) in [5.74, 6) is 2.60. The molecule has 154 valence electrons. The second kappa shape index (κ2) is 11.1. The van der Waals surface area contributed by atoms with E-state index in [1.165, 1.54) is 18.3 Å². The Bertz CT molecular complexity index is 992. The Morgan fingerprint density at radius 1 is 1.10 bits per heavy atom. The van der Waals surface area contributed by atoms with Crippen LogP contribution in [0.4, 0.5) is 16.0 Å². The van der Waals surface area contributed by atoms with E-state index in [0.29, 0.717) is 28.7 Å². The highest BCUT2D eigenvalue weighted by atomic mass is 32.2. The van der Waals surface area contributed by atoms with Gasteiger partial charge in [0.25, 0.3) is 0 Å². The van der Waals surface area contributed by atoms with Crippen LogP contribution in [0.1, 0.15) is 18.4 Å². The predicted octanol–water partition coefficient (Wildman–Crippen LogP) is 5.54. The number of hydrogen-bond acceptors (Lipinski definition) is 7. The van der Waals surface area contributed by atoms with Crippen LogP contribution in [0.25, 0.3) is 0 Å². The van der Waals surface area contributed by atoms with Gasteiger partial charge in [-0.05, 0) is 61.1 Å². The molecule has 0 atom stereocenters. The number of thioether (sulfide) groups is 1. The highest BCUT2D eigenvalue weighted by molar-refractivity contribution is 7.99. The third-order valence-electron chi connectivity index (χ3n) is 4.02. The maximum Gasteiger partial charge on any atom is 0.175 e. The first kappa shape index (κ1) is 21.6. The van der Waals surface area contributed by atoms with Gasteiger partial charge in [-0.15, -0.1) is 11.8 Å². The number of aromatic nitrogens is 2. The zero-order valence-electron chi connectivity index (χ0n) is 16.5. The summed E-state index contributed by atoms with van der Waals surface area (Å²) in [6.07, 6.45) is 5.28. The van der Waals surface area contributed by atoms with Gasteiger partial charge in [0.2, 0.25) is 0 Å². The fourth-order valence-corrected chi connectivity index (χ4v) is 3.40. The molecular weight excluding hydrogens is 403 g/mol. The topological polar surface area (TPSA) is 80.1 Å². The van der Waals surface area contributed by atoms with Crippen molar-refractivity contribution in [2.24, 2.45) is 0 Å². The molecule has 0 aliphatic heterocycles. The molecular formula is C22H21FN4O2S. The lowest BCUT2D eigenvalue weighted by Crippen LogP contribution is -2.00. The molecule has 0 amide bonds. The Labute approximate surface area is 179 Å². The van der Waals surface area contributed by atoms with E-state index in [4.69, 9.17) is 14.7 Å². The van der Waals surface area contributed by atoms with Crippen LogP contribution in [0.2, 0.25) is 0 Å². The number of benzene rings is 1. The molecule has 0 bridgehead atoms. The van der Waals surface area contributed by atoms with E-state index in [1.807, 2.05) is 12.1 Å². The largest absolute Gasteiger partial charge is 0.453 e. The molecule has 6 nitrogen and oxygen atoms in total. The Kier molecular flexibility index (Phi) is 8.01. The maximum atomic E-state index is 13.2. The van der Waals surface area contributed by atoms with Gasteiger partial charge >= 0.3 is 0 Å². The Morgan fingerprint density at radius 3 is 2.63 bits per heavy atom. The van der Waals surface area contributed by atoms with Crippen LogP contribution < -0.4 is 10.1 Å². The molecule has 0 saturated heterocycles. The van der Waals surface area contributed by atoms with E-state index in [2.05, 4.69) is 15.3 Å². The number of nitrogens with one attached hydrogen (secondary N) is 1. The summed E-state index contributed by atoms with van der Waals surface area (Å²) in [6.45, 7) is 0.748. The highest BCUT2D eigenvalue weighted by Crippen LogP contribution is 2.33. The van der Waals surface area contributed by atoms with Crippen LogP contribution in [0, 0.1) is 17.1 Å². The predicted molar refractivity (Wildman–Crippen MR) is 115 cm³/mol. The van der Waals surface area contributed by atoms with Gasteiger partial charge in [-0.25, -0.2) is 14.4 Å². The molecule has 2 heterocycles. The van der Waals surface area contributed by atoms with Crippen molar-refractivity contribution in [2.75, 3.05) is 24.8 Å². The number of unbranched alkanes of at least 4 members (excludes halogenated alkanes) is 1. The van der Waals surface area contributed by atoms with Crippen molar-refractivity contribution in [2.45, 2.75) is 17.7 Å². The molecule has 3 rings (SSSR count). The lowest BCUT2D eigenvalue weighted by molar-refractivity contribution is 0.194. The number of rotatable bonds is 10. The van der Waals surface area contributed by atoms with Crippen molar-refractivity contribution in [3.63, 3.8) is 0 Å². The van der Waals surface area contributed by atoms with Crippen molar-refractivity contribution in [1.82, 2.24) is 9.97 Å². The number of nitriles is 1. The standard InChI is InChI=1S/C22H21FN4O2S/c1-28-10-2-3-11-30-19-12-20(29-18-7-5-17(23)6-8-18)22(26-15-19)27-21-9-4-16(13-24)14-25-21/h4-9,12,14-15H,2-3,10-11H2,1H3,(H,25,26,27). The van der Waals surface area contributed by atoms with Gasteiger partial charge in [0.15, 0.2) is 11.6 Å². The van der Waals surface area contributed by atoms with Crippen LogP contribution in [0.3, 0.4) is 0 Å². The normalized spacial score (nSPS) is 10.4. The molecule has 1 aromatic carbocycles. The van der Waals surface area contributed by atoms with E-state index in [1.54, 1.807) is 49.3 Å². The molecule has 8 heteroatoms. The van der Waals surface area contributed by atoms with Gasteiger partial charge in [0.1, 0.15) is 23.5 Å². The van der Waals surface area contributed by atoms with Crippen LogP contribution in [-0.4, -0.2) is 29.4 Å². The molecule has 0 unspecified atom stereocenters. The summed E-state index contributed by atoms with van der Waals surface area (Å²) in [6, 6.07) is 13.1. The minimum absolute atomic E-state index is 0.332. The molecule has 30 heavy (non-hydrogen) atoms. The minimum atomic E-state index is -0.332.